The highest BCUT2D eigenvalue weighted by atomic mass is 32.1. The Balaban J connectivity index is 1.92. The highest BCUT2D eigenvalue weighted by Crippen LogP contribution is 2.38. The van der Waals surface area contributed by atoms with Crippen LogP contribution in [-0.2, 0) is 0 Å². The Kier molecular flexibility index (Phi) is 3.34. The fraction of sp³-hybridized carbons (Fsp3) is 0.154. The zero-order chi connectivity index (χ0) is 13.9. The van der Waals surface area contributed by atoms with Crippen LogP contribution in [0.5, 0.6) is 0 Å². The summed E-state index contributed by atoms with van der Waals surface area (Å²) in [5, 5.41) is 11.1. The third-order valence-corrected chi connectivity index (χ3v) is 3.85. The van der Waals surface area contributed by atoms with Crippen LogP contribution < -0.4 is 11.1 Å². The van der Waals surface area contributed by atoms with Crippen LogP contribution in [0.25, 0.3) is 11.1 Å². The SMILES string of the molecule is CC(Nc1snc(N)c1-c1ccncc1)c1cn[nH]c1. The number of nitrogens with two attached hydrogens (primary N) is 1. The number of hydrogen-bond acceptors (Lipinski definition) is 6. The first kappa shape index (κ1) is 12.6. The number of nitrogens with zero attached hydrogens (tertiary/aromatic N) is 3. The predicted molar refractivity (Wildman–Crippen MR) is 80.4 cm³/mol. The summed E-state index contributed by atoms with van der Waals surface area (Å²) in [6.45, 7) is 2.07. The van der Waals surface area contributed by atoms with Crippen molar-refractivity contribution in [2.75, 3.05) is 11.1 Å². The lowest BCUT2D eigenvalue weighted by Crippen LogP contribution is -2.05. The molecule has 0 bridgehead atoms. The molecule has 3 aromatic rings. The average molecular weight is 286 g/mol. The second-order valence-electron chi connectivity index (χ2n) is 4.41. The first-order chi connectivity index (χ1) is 9.75. The number of nitrogen functional groups attached to an aromatic ring is 1. The molecule has 4 N–H and O–H groups in total. The van der Waals surface area contributed by atoms with Crippen molar-refractivity contribution in [3.63, 3.8) is 0 Å². The molecule has 3 heterocycles. The predicted octanol–water partition coefficient (Wildman–Crippen LogP) is 2.68. The fourth-order valence-corrected chi connectivity index (χ4v) is 2.80. The van der Waals surface area contributed by atoms with E-state index >= 15 is 0 Å². The molecule has 6 nitrogen and oxygen atoms in total. The Bertz CT molecular complexity index is 676. The quantitative estimate of drug-likeness (QED) is 0.685. The van der Waals surface area contributed by atoms with E-state index in [1.54, 1.807) is 18.6 Å². The van der Waals surface area contributed by atoms with Crippen LogP contribution >= 0.6 is 11.5 Å². The van der Waals surface area contributed by atoms with E-state index in [0.717, 1.165) is 21.7 Å². The molecule has 0 saturated heterocycles. The van der Waals surface area contributed by atoms with Crippen molar-refractivity contribution >= 4 is 22.4 Å². The van der Waals surface area contributed by atoms with E-state index < -0.39 is 0 Å². The van der Waals surface area contributed by atoms with E-state index in [1.165, 1.54) is 11.5 Å². The van der Waals surface area contributed by atoms with E-state index in [4.69, 9.17) is 5.73 Å². The molecule has 0 aliphatic rings. The molecule has 20 heavy (non-hydrogen) atoms. The van der Waals surface area contributed by atoms with Crippen molar-refractivity contribution < 1.29 is 0 Å². The maximum Gasteiger partial charge on any atom is 0.147 e. The smallest absolute Gasteiger partial charge is 0.147 e. The number of aromatic amines is 1. The normalized spacial score (nSPS) is 12.2. The van der Waals surface area contributed by atoms with E-state index in [2.05, 4.69) is 31.8 Å². The van der Waals surface area contributed by atoms with Crippen LogP contribution in [0.3, 0.4) is 0 Å². The summed E-state index contributed by atoms with van der Waals surface area (Å²) in [7, 11) is 0. The molecular formula is C13H14N6S. The van der Waals surface area contributed by atoms with Gasteiger partial charge in [-0.2, -0.15) is 9.47 Å². The molecule has 102 valence electrons. The summed E-state index contributed by atoms with van der Waals surface area (Å²) in [6, 6.07) is 3.97. The Morgan fingerprint density at radius 2 is 2.15 bits per heavy atom. The highest BCUT2D eigenvalue weighted by molar-refractivity contribution is 7.11. The van der Waals surface area contributed by atoms with Crippen LogP contribution in [0.15, 0.2) is 36.9 Å². The van der Waals surface area contributed by atoms with Gasteiger partial charge in [-0.15, -0.1) is 0 Å². The summed E-state index contributed by atoms with van der Waals surface area (Å²) >= 11 is 1.36. The topological polar surface area (TPSA) is 92.5 Å². The Labute approximate surface area is 120 Å². The molecular weight excluding hydrogens is 272 g/mol. The van der Waals surface area contributed by atoms with Gasteiger partial charge >= 0.3 is 0 Å². The molecule has 0 aliphatic carbocycles. The number of rotatable bonds is 4. The lowest BCUT2D eigenvalue weighted by molar-refractivity contribution is 0.891. The number of aromatic nitrogens is 4. The Morgan fingerprint density at radius 3 is 2.85 bits per heavy atom. The summed E-state index contributed by atoms with van der Waals surface area (Å²) < 4.78 is 4.24. The van der Waals surface area contributed by atoms with Gasteiger partial charge in [0.1, 0.15) is 10.8 Å². The second kappa shape index (κ2) is 5.30. The summed E-state index contributed by atoms with van der Waals surface area (Å²) in [5.41, 5.74) is 9.00. The number of H-pyrrole nitrogens is 1. The minimum Gasteiger partial charge on any atom is -0.382 e. The van der Waals surface area contributed by atoms with Gasteiger partial charge in [-0.25, -0.2) is 0 Å². The molecule has 0 spiro atoms. The maximum atomic E-state index is 5.99. The summed E-state index contributed by atoms with van der Waals surface area (Å²) in [5.74, 6) is 0.531. The first-order valence-corrected chi connectivity index (χ1v) is 6.94. The third kappa shape index (κ3) is 2.35. The van der Waals surface area contributed by atoms with E-state index in [-0.39, 0.29) is 6.04 Å². The summed E-state index contributed by atoms with van der Waals surface area (Å²) in [4.78, 5) is 4.03. The van der Waals surface area contributed by atoms with Gasteiger partial charge in [-0.1, -0.05) is 0 Å². The molecule has 3 aromatic heterocycles. The van der Waals surface area contributed by atoms with Gasteiger partial charge in [0.15, 0.2) is 0 Å². The highest BCUT2D eigenvalue weighted by Gasteiger charge is 2.16. The Morgan fingerprint density at radius 1 is 1.35 bits per heavy atom. The molecule has 3 rings (SSSR count). The van der Waals surface area contributed by atoms with Gasteiger partial charge in [0.05, 0.1) is 17.8 Å². The van der Waals surface area contributed by atoms with E-state index in [0.29, 0.717) is 5.82 Å². The summed E-state index contributed by atoms with van der Waals surface area (Å²) in [6.07, 6.45) is 7.16. The van der Waals surface area contributed by atoms with E-state index in [1.807, 2.05) is 18.3 Å². The van der Waals surface area contributed by atoms with Gasteiger partial charge in [0.2, 0.25) is 0 Å². The fourth-order valence-electron chi connectivity index (χ4n) is 1.98. The standard InChI is InChI=1S/C13H14N6S/c1-8(10-6-16-17-7-10)18-13-11(12(14)19-20-13)9-2-4-15-5-3-9/h2-8,18H,1H3,(H2,14,19)(H,16,17). The number of hydrogen-bond donors (Lipinski definition) is 3. The van der Waals surface area contributed by atoms with Crippen molar-refractivity contribution in [2.24, 2.45) is 0 Å². The zero-order valence-electron chi connectivity index (χ0n) is 10.9. The van der Waals surface area contributed by atoms with Gasteiger partial charge in [0, 0.05) is 24.2 Å². The lowest BCUT2D eigenvalue weighted by Gasteiger charge is -2.13. The van der Waals surface area contributed by atoms with Crippen LogP contribution in [0.1, 0.15) is 18.5 Å². The lowest BCUT2D eigenvalue weighted by atomic mass is 10.1. The molecule has 0 aromatic carbocycles. The second-order valence-corrected chi connectivity index (χ2v) is 5.18. The van der Waals surface area contributed by atoms with Crippen LogP contribution in [0.4, 0.5) is 10.8 Å². The number of nitrogens with one attached hydrogen (secondary N) is 2. The van der Waals surface area contributed by atoms with E-state index in [9.17, 15) is 0 Å². The number of anilines is 2. The first-order valence-electron chi connectivity index (χ1n) is 6.16. The minimum atomic E-state index is 0.120. The van der Waals surface area contributed by atoms with Crippen LogP contribution in [0.2, 0.25) is 0 Å². The molecule has 7 heteroatoms. The average Bonchev–Trinajstić information content (AvgIpc) is 3.10. The minimum absolute atomic E-state index is 0.120. The van der Waals surface area contributed by atoms with Gasteiger partial charge in [-0.3, -0.25) is 10.1 Å². The Hall–Kier alpha value is -2.41. The molecule has 0 saturated carbocycles. The van der Waals surface area contributed by atoms with Crippen molar-refractivity contribution in [1.82, 2.24) is 19.6 Å². The molecule has 0 aliphatic heterocycles. The monoisotopic (exact) mass is 286 g/mol. The number of pyridine rings is 1. The molecule has 0 fully saturated rings. The van der Waals surface area contributed by atoms with Crippen molar-refractivity contribution in [3.8, 4) is 11.1 Å². The van der Waals surface area contributed by atoms with Crippen molar-refractivity contribution in [1.29, 1.82) is 0 Å². The molecule has 0 amide bonds. The van der Waals surface area contributed by atoms with Crippen LogP contribution in [0, 0.1) is 0 Å². The third-order valence-electron chi connectivity index (χ3n) is 3.05. The van der Waals surface area contributed by atoms with Gasteiger partial charge in [0.25, 0.3) is 0 Å². The zero-order valence-corrected chi connectivity index (χ0v) is 11.7. The van der Waals surface area contributed by atoms with Crippen molar-refractivity contribution in [2.45, 2.75) is 13.0 Å². The largest absolute Gasteiger partial charge is 0.382 e. The maximum absolute atomic E-state index is 5.99. The van der Waals surface area contributed by atoms with Gasteiger partial charge < -0.3 is 11.1 Å². The molecule has 1 atom stereocenters. The molecule has 1 unspecified atom stereocenters. The molecule has 0 radical (unpaired) electrons. The van der Waals surface area contributed by atoms with Gasteiger partial charge in [-0.05, 0) is 36.2 Å². The van der Waals surface area contributed by atoms with Crippen LogP contribution in [-0.4, -0.2) is 19.6 Å². The van der Waals surface area contributed by atoms with Crippen molar-refractivity contribution in [3.05, 3.63) is 42.5 Å².